The zero-order chi connectivity index (χ0) is 9.23. The fourth-order valence-electron chi connectivity index (χ4n) is 1.23. The van der Waals surface area contributed by atoms with Crippen LogP contribution in [0.25, 0.3) is 0 Å². The molecule has 1 radical (unpaired) electrons. The van der Waals surface area contributed by atoms with Gasteiger partial charge in [-0.05, 0) is 13.3 Å². The van der Waals surface area contributed by atoms with Crippen LogP contribution in [0.1, 0.15) is 58.3 Å². The minimum absolute atomic E-state index is 0.311. The van der Waals surface area contributed by atoms with Crippen LogP contribution >= 0.6 is 0 Å². The third-order valence-corrected chi connectivity index (χ3v) is 2.09. The topological polar surface area (TPSA) is 17.1 Å². The van der Waals surface area contributed by atoms with E-state index in [0.29, 0.717) is 12.2 Å². The molecule has 0 rings (SSSR count). The lowest BCUT2D eigenvalue weighted by Gasteiger charge is -1.98. The summed E-state index contributed by atoms with van der Waals surface area (Å²) in [6.07, 6.45) is 8.74. The highest BCUT2D eigenvalue weighted by atomic mass is 16.1. The van der Waals surface area contributed by atoms with Gasteiger partial charge in [-0.15, -0.1) is 0 Å². The van der Waals surface area contributed by atoms with Crippen LogP contribution in [0.3, 0.4) is 0 Å². The standard InChI is InChI=1S/C11H21O/c1-3-5-6-7-8-9-10-11(12)4-2/h2-10H2,1H3. The summed E-state index contributed by atoms with van der Waals surface area (Å²) in [4.78, 5) is 10.8. The summed E-state index contributed by atoms with van der Waals surface area (Å²) < 4.78 is 0. The Bertz CT molecular complexity index is 108. The van der Waals surface area contributed by atoms with E-state index in [1.165, 1.54) is 32.1 Å². The molecule has 0 heterocycles. The molecule has 1 heteroatoms. The second-order valence-electron chi connectivity index (χ2n) is 3.31. The van der Waals surface area contributed by atoms with Crippen molar-refractivity contribution in [2.75, 3.05) is 0 Å². The first kappa shape index (κ1) is 11.7. The third-order valence-electron chi connectivity index (χ3n) is 2.09. The van der Waals surface area contributed by atoms with Crippen LogP contribution in [-0.2, 0) is 4.79 Å². The van der Waals surface area contributed by atoms with Gasteiger partial charge in [-0.1, -0.05) is 39.0 Å². The predicted octanol–water partition coefficient (Wildman–Crippen LogP) is 3.53. The summed E-state index contributed by atoms with van der Waals surface area (Å²) in [6.45, 7) is 5.78. The molecule has 0 fully saturated rings. The van der Waals surface area contributed by atoms with Crippen molar-refractivity contribution in [2.45, 2.75) is 58.3 Å². The normalized spacial score (nSPS) is 10.2. The van der Waals surface area contributed by atoms with Crippen LogP contribution in [0.15, 0.2) is 0 Å². The van der Waals surface area contributed by atoms with Gasteiger partial charge in [0.2, 0.25) is 0 Å². The van der Waals surface area contributed by atoms with Crippen molar-refractivity contribution in [1.82, 2.24) is 0 Å². The van der Waals surface area contributed by atoms with Gasteiger partial charge >= 0.3 is 0 Å². The van der Waals surface area contributed by atoms with Gasteiger partial charge in [0.05, 0.1) is 0 Å². The van der Waals surface area contributed by atoms with Crippen LogP contribution < -0.4 is 0 Å². The zero-order valence-corrected chi connectivity index (χ0v) is 8.27. The van der Waals surface area contributed by atoms with E-state index in [-0.39, 0.29) is 0 Å². The summed E-state index contributed by atoms with van der Waals surface area (Å²) in [6, 6.07) is 0. The van der Waals surface area contributed by atoms with Gasteiger partial charge in [0.25, 0.3) is 0 Å². The van der Waals surface area contributed by atoms with Crippen molar-refractivity contribution in [3.8, 4) is 0 Å². The Morgan fingerprint density at radius 3 is 2.25 bits per heavy atom. The fourth-order valence-corrected chi connectivity index (χ4v) is 1.23. The number of carbonyl (C=O) groups is 1. The molecule has 0 saturated heterocycles. The molecule has 0 aliphatic heterocycles. The first-order valence-electron chi connectivity index (χ1n) is 5.12. The number of hydrogen-bond donors (Lipinski definition) is 0. The van der Waals surface area contributed by atoms with Crippen LogP contribution in [0.5, 0.6) is 0 Å². The molecule has 0 saturated carbocycles. The highest BCUT2D eigenvalue weighted by Crippen LogP contribution is 2.07. The number of unbranched alkanes of at least 4 members (excludes halogenated alkanes) is 5. The Morgan fingerprint density at radius 1 is 1.08 bits per heavy atom. The Labute approximate surface area is 76.6 Å². The lowest BCUT2D eigenvalue weighted by molar-refractivity contribution is -0.118. The molecule has 0 unspecified atom stereocenters. The SMILES string of the molecule is [CH2]CC(=O)CCCCCCCC. The Kier molecular flexibility index (Phi) is 8.52. The fraction of sp³-hybridized carbons (Fsp3) is 0.818. The second kappa shape index (κ2) is 8.76. The zero-order valence-electron chi connectivity index (χ0n) is 8.27. The van der Waals surface area contributed by atoms with E-state index in [0.717, 1.165) is 12.8 Å². The average molecular weight is 169 g/mol. The molecule has 0 N–H and O–H groups in total. The van der Waals surface area contributed by atoms with Gasteiger partial charge in [-0.25, -0.2) is 0 Å². The Balaban J connectivity index is 2.95. The molecular weight excluding hydrogens is 148 g/mol. The maximum absolute atomic E-state index is 10.8. The highest BCUT2D eigenvalue weighted by molar-refractivity contribution is 5.78. The second-order valence-corrected chi connectivity index (χ2v) is 3.31. The van der Waals surface area contributed by atoms with Crippen molar-refractivity contribution in [2.24, 2.45) is 0 Å². The molecule has 0 bridgehead atoms. The van der Waals surface area contributed by atoms with E-state index in [1.54, 1.807) is 0 Å². The highest BCUT2D eigenvalue weighted by Gasteiger charge is 1.96. The maximum atomic E-state index is 10.8. The average Bonchev–Trinajstić information content (AvgIpc) is 2.10. The third kappa shape index (κ3) is 7.77. The molecule has 71 valence electrons. The van der Waals surface area contributed by atoms with Crippen LogP contribution in [-0.4, -0.2) is 5.78 Å². The van der Waals surface area contributed by atoms with E-state index in [9.17, 15) is 4.79 Å². The Morgan fingerprint density at radius 2 is 1.67 bits per heavy atom. The lowest BCUT2D eigenvalue weighted by atomic mass is 10.1. The predicted molar refractivity (Wildman–Crippen MR) is 53.0 cm³/mol. The quantitative estimate of drug-likeness (QED) is 0.508. The number of rotatable bonds is 8. The summed E-state index contributed by atoms with van der Waals surface area (Å²) in [5.41, 5.74) is 0. The van der Waals surface area contributed by atoms with Crippen LogP contribution in [0.2, 0.25) is 0 Å². The molecule has 0 aromatic carbocycles. The van der Waals surface area contributed by atoms with E-state index >= 15 is 0 Å². The molecular formula is C11H21O. The lowest BCUT2D eigenvalue weighted by Crippen LogP contribution is -1.94. The summed E-state index contributed by atoms with van der Waals surface area (Å²) >= 11 is 0. The van der Waals surface area contributed by atoms with Gasteiger partial charge < -0.3 is 0 Å². The van der Waals surface area contributed by atoms with Crippen molar-refractivity contribution in [1.29, 1.82) is 0 Å². The summed E-state index contributed by atoms with van der Waals surface area (Å²) in [7, 11) is 0. The number of hydrogen-bond acceptors (Lipinski definition) is 1. The van der Waals surface area contributed by atoms with Crippen LogP contribution in [0.4, 0.5) is 0 Å². The molecule has 1 nitrogen and oxygen atoms in total. The minimum atomic E-state index is 0.311. The molecule has 0 atom stereocenters. The van der Waals surface area contributed by atoms with Gasteiger partial charge in [0.15, 0.2) is 0 Å². The monoisotopic (exact) mass is 169 g/mol. The molecule has 0 spiro atoms. The summed E-state index contributed by atoms with van der Waals surface area (Å²) in [5.74, 6) is 0.311. The smallest absolute Gasteiger partial charge is 0.132 e. The molecule has 0 aliphatic rings. The van der Waals surface area contributed by atoms with Crippen molar-refractivity contribution in [3.05, 3.63) is 6.92 Å². The summed E-state index contributed by atoms with van der Waals surface area (Å²) in [5, 5.41) is 0. The van der Waals surface area contributed by atoms with E-state index in [4.69, 9.17) is 0 Å². The van der Waals surface area contributed by atoms with Crippen molar-refractivity contribution < 1.29 is 4.79 Å². The minimum Gasteiger partial charge on any atom is -0.300 e. The molecule has 0 amide bonds. The van der Waals surface area contributed by atoms with Gasteiger partial charge in [0.1, 0.15) is 5.78 Å². The van der Waals surface area contributed by atoms with Crippen LogP contribution in [0, 0.1) is 6.92 Å². The molecule has 0 aromatic heterocycles. The molecule has 0 aromatic rings. The van der Waals surface area contributed by atoms with Crippen molar-refractivity contribution >= 4 is 5.78 Å². The Hall–Kier alpha value is -0.330. The number of Topliss-reactive ketones (excluding diaryl/α,β-unsaturated/α-hetero) is 1. The number of carbonyl (C=O) groups excluding carboxylic acids is 1. The molecule has 0 aliphatic carbocycles. The van der Waals surface area contributed by atoms with Gasteiger partial charge in [0, 0.05) is 12.8 Å². The van der Waals surface area contributed by atoms with Gasteiger partial charge in [-0.2, -0.15) is 0 Å². The van der Waals surface area contributed by atoms with Gasteiger partial charge in [-0.3, -0.25) is 4.79 Å². The number of ketones is 1. The maximum Gasteiger partial charge on any atom is 0.132 e. The van der Waals surface area contributed by atoms with Crippen molar-refractivity contribution in [3.63, 3.8) is 0 Å². The first-order chi connectivity index (χ1) is 5.81. The van der Waals surface area contributed by atoms with E-state index in [2.05, 4.69) is 13.8 Å². The van der Waals surface area contributed by atoms with E-state index < -0.39 is 0 Å². The van der Waals surface area contributed by atoms with E-state index in [1.807, 2.05) is 0 Å². The molecule has 12 heavy (non-hydrogen) atoms. The largest absolute Gasteiger partial charge is 0.300 e. The first-order valence-corrected chi connectivity index (χ1v) is 5.12.